The first kappa shape index (κ1) is 11.5. The number of hydrogen-bond acceptors (Lipinski definition) is 5. The van der Waals surface area contributed by atoms with Crippen LogP contribution < -0.4 is 9.46 Å². The Morgan fingerprint density at radius 2 is 2.35 bits per heavy atom. The van der Waals surface area contributed by atoms with Crippen LogP contribution in [0.3, 0.4) is 0 Å². The molecule has 0 saturated heterocycles. The molecule has 92 valence electrons. The summed E-state index contributed by atoms with van der Waals surface area (Å²) in [6.07, 6.45) is 2.88. The van der Waals surface area contributed by atoms with Crippen LogP contribution in [0.5, 0.6) is 6.01 Å². The van der Waals surface area contributed by atoms with Crippen LogP contribution in [0.2, 0.25) is 0 Å². The van der Waals surface area contributed by atoms with E-state index in [1.165, 1.54) is 18.5 Å². The molecule has 0 aliphatic rings. The quantitative estimate of drug-likeness (QED) is 0.714. The average Bonchev–Trinajstić information content (AvgIpc) is 2.88. The van der Waals surface area contributed by atoms with Crippen LogP contribution in [0.15, 0.2) is 23.4 Å². The summed E-state index contributed by atoms with van der Waals surface area (Å²) in [5.41, 5.74) is 0. The van der Waals surface area contributed by atoms with Crippen molar-refractivity contribution in [2.24, 2.45) is 0 Å². The van der Waals surface area contributed by atoms with Crippen molar-refractivity contribution < 1.29 is 13.2 Å². The number of ether oxygens (including phenoxy) is 1. The molecule has 2 heterocycles. The van der Waals surface area contributed by atoms with Crippen LogP contribution in [-0.2, 0) is 10.0 Å². The summed E-state index contributed by atoms with van der Waals surface area (Å²) in [4.78, 5) is 6.58. The van der Waals surface area contributed by atoms with Crippen LogP contribution in [0.4, 0.5) is 5.95 Å². The Labute approximate surface area is 97.5 Å². The van der Waals surface area contributed by atoms with E-state index in [0.717, 1.165) is 0 Å². The molecule has 9 heteroatoms. The van der Waals surface area contributed by atoms with Crippen LogP contribution in [0.1, 0.15) is 6.92 Å². The molecule has 0 bridgehead atoms. The Balaban J connectivity index is 2.15. The maximum atomic E-state index is 11.8. The van der Waals surface area contributed by atoms with Crippen molar-refractivity contribution in [2.45, 2.75) is 11.8 Å². The van der Waals surface area contributed by atoms with Crippen LogP contribution >= 0.6 is 0 Å². The van der Waals surface area contributed by atoms with Gasteiger partial charge in [-0.1, -0.05) is 0 Å². The number of sulfonamides is 1. The van der Waals surface area contributed by atoms with Crippen LogP contribution in [0.25, 0.3) is 0 Å². The van der Waals surface area contributed by atoms with Crippen LogP contribution in [0, 0.1) is 0 Å². The minimum Gasteiger partial charge on any atom is -0.463 e. The van der Waals surface area contributed by atoms with Gasteiger partial charge in [0.25, 0.3) is 10.0 Å². The minimum absolute atomic E-state index is 0.00894. The second kappa shape index (κ2) is 4.45. The lowest BCUT2D eigenvalue weighted by atomic mass is 10.7. The Morgan fingerprint density at radius 1 is 1.53 bits per heavy atom. The van der Waals surface area contributed by atoms with Crippen molar-refractivity contribution in [1.82, 2.24) is 20.2 Å². The summed E-state index contributed by atoms with van der Waals surface area (Å²) < 4.78 is 30.8. The van der Waals surface area contributed by atoms with Gasteiger partial charge >= 0.3 is 6.01 Å². The highest BCUT2D eigenvalue weighted by molar-refractivity contribution is 7.92. The second-order valence-electron chi connectivity index (χ2n) is 3.05. The van der Waals surface area contributed by atoms with Gasteiger partial charge in [-0.05, 0) is 13.0 Å². The monoisotopic (exact) mass is 257 g/mol. The number of H-pyrrole nitrogens is 2. The molecule has 0 spiro atoms. The van der Waals surface area contributed by atoms with E-state index in [2.05, 4.69) is 24.9 Å². The van der Waals surface area contributed by atoms with Gasteiger partial charge in [0.05, 0.1) is 6.61 Å². The predicted molar refractivity (Wildman–Crippen MR) is 59.2 cm³/mol. The smallest absolute Gasteiger partial charge is 0.337 e. The Hall–Kier alpha value is -2.03. The normalized spacial score (nSPS) is 11.4. The first-order valence-corrected chi connectivity index (χ1v) is 6.31. The fourth-order valence-electron chi connectivity index (χ4n) is 1.15. The molecule has 3 N–H and O–H groups in total. The lowest BCUT2D eigenvalue weighted by Crippen LogP contribution is -2.13. The van der Waals surface area contributed by atoms with Gasteiger partial charge in [0.15, 0.2) is 0 Å². The highest BCUT2D eigenvalue weighted by Gasteiger charge is 2.16. The maximum Gasteiger partial charge on any atom is 0.337 e. The molecular weight excluding hydrogens is 246 g/mol. The van der Waals surface area contributed by atoms with Gasteiger partial charge in [0.2, 0.25) is 5.95 Å². The van der Waals surface area contributed by atoms with Gasteiger partial charge in [0, 0.05) is 12.4 Å². The standard InChI is InChI=1S/C8H11N5O3S/c1-2-16-8-10-7(11-12-8)13-17(14,15)6-3-4-9-5-6/h3-5,9H,2H2,1H3,(H2,10,11,12,13). The van der Waals surface area contributed by atoms with E-state index in [9.17, 15) is 8.42 Å². The summed E-state index contributed by atoms with van der Waals surface area (Å²) in [5, 5.41) is 6.10. The molecule has 8 nitrogen and oxygen atoms in total. The summed E-state index contributed by atoms with van der Waals surface area (Å²) in [5.74, 6) is 0.00894. The van der Waals surface area contributed by atoms with Gasteiger partial charge in [-0.3, -0.25) is 0 Å². The molecule has 0 amide bonds. The molecule has 0 atom stereocenters. The fraction of sp³-hybridized carbons (Fsp3) is 0.250. The van der Waals surface area contributed by atoms with Gasteiger partial charge in [-0.2, -0.15) is 4.98 Å². The molecule has 2 aromatic rings. The number of hydrogen-bond donors (Lipinski definition) is 3. The number of nitrogens with one attached hydrogen (secondary N) is 3. The highest BCUT2D eigenvalue weighted by Crippen LogP contribution is 2.13. The molecule has 0 saturated carbocycles. The Kier molecular flexibility index (Phi) is 3.00. The summed E-state index contributed by atoms with van der Waals surface area (Å²) in [6.45, 7) is 2.18. The van der Waals surface area contributed by atoms with Crippen molar-refractivity contribution in [3.05, 3.63) is 18.5 Å². The number of aromatic nitrogens is 4. The fourth-order valence-corrected chi connectivity index (χ4v) is 2.08. The molecule has 0 unspecified atom stereocenters. The molecule has 0 aliphatic carbocycles. The third kappa shape index (κ3) is 2.56. The number of aromatic amines is 2. The largest absolute Gasteiger partial charge is 0.463 e. The van der Waals surface area contributed by atoms with E-state index in [0.29, 0.717) is 6.61 Å². The van der Waals surface area contributed by atoms with E-state index in [-0.39, 0.29) is 16.9 Å². The summed E-state index contributed by atoms with van der Waals surface area (Å²) >= 11 is 0. The molecule has 2 aromatic heterocycles. The first-order chi connectivity index (χ1) is 8.12. The molecule has 0 radical (unpaired) electrons. The van der Waals surface area contributed by atoms with E-state index in [4.69, 9.17) is 4.74 Å². The summed E-state index contributed by atoms with van der Waals surface area (Å²) in [6, 6.07) is 1.53. The third-order valence-corrected chi connectivity index (χ3v) is 3.19. The van der Waals surface area contributed by atoms with E-state index >= 15 is 0 Å². The zero-order chi connectivity index (χ0) is 12.3. The second-order valence-corrected chi connectivity index (χ2v) is 4.73. The number of nitrogens with zero attached hydrogens (tertiary/aromatic N) is 2. The minimum atomic E-state index is -3.64. The highest BCUT2D eigenvalue weighted by atomic mass is 32.2. The van der Waals surface area contributed by atoms with Gasteiger partial charge < -0.3 is 9.72 Å². The first-order valence-electron chi connectivity index (χ1n) is 4.82. The van der Waals surface area contributed by atoms with Crippen molar-refractivity contribution in [3.63, 3.8) is 0 Å². The van der Waals surface area contributed by atoms with E-state index in [1.54, 1.807) is 6.92 Å². The molecule has 17 heavy (non-hydrogen) atoms. The average molecular weight is 257 g/mol. The predicted octanol–water partition coefficient (Wildman–Crippen LogP) is 0.332. The van der Waals surface area contributed by atoms with Gasteiger partial charge in [0.1, 0.15) is 4.90 Å². The van der Waals surface area contributed by atoms with E-state index < -0.39 is 10.0 Å². The lowest BCUT2D eigenvalue weighted by Gasteiger charge is -2.01. The number of anilines is 1. The Morgan fingerprint density at radius 3 is 3.00 bits per heavy atom. The third-order valence-electron chi connectivity index (χ3n) is 1.85. The topological polar surface area (TPSA) is 113 Å². The van der Waals surface area contributed by atoms with Gasteiger partial charge in [-0.25, -0.2) is 18.2 Å². The van der Waals surface area contributed by atoms with Crippen molar-refractivity contribution in [2.75, 3.05) is 11.3 Å². The Bertz CT molecular complexity index is 574. The molecular formula is C8H11N5O3S. The zero-order valence-corrected chi connectivity index (χ0v) is 9.78. The summed E-state index contributed by atoms with van der Waals surface area (Å²) in [7, 11) is -3.64. The molecule has 0 aliphatic heterocycles. The molecule has 2 rings (SSSR count). The zero-order valence-electron chi connectivity index (χ0n) is 8.97. The lowest BCUT2D eigenvalue weighted by molar-refractivity contribution is 0.314. The van der Waals surface area contributed by atoms with Crippen molar-refractivity contribution >= 4 is 16.0 Å². The van der Waals surface area contributed by atoms with Crippen molar-refractivity contribution in [3.8, 4) is 6.01 Å². The van der Waals surface area contributed by atoms with Crippen LogP contribution in [-0.4, -0.2) is 35.2 Å². The molecule has 0 fully saturated rings. The SMILES string of the molecule is CCOc1n[nH]c(NS(=O)(=O)c2cc[nH]c2)n1. The van der Waals surface area contributed by atoms with Gasteiger partial charge in [-0.15, -0.1) is 5.10 Å². The van der Waals surface area contributed by atoms with E-state index in [1.807, 2.05) is 0 Å². The maximum absolute atomic E-state index is 11.8. The number of rotatable bonds is 5. The molecule has 0 aromatic carbocycles. The van der Waals surface area contributed by atoms with Crippen molar-refractivity contribution in [1.29, 1.82) is 0 Å².